The maximum atomic E-state index is 11.6. The Morgan fingerprint density at radius 3 is 2.24 bits per heavy atom. The summed E-state index contributed by atoms with van der Waals surface area (Å²) < 4.78 is 5.36. The number of aryl methyl sites for hydroxylation is 2. The molecule has 0 radical (unpaired) electrons. The molecule has 0 aliphatic rings. The largest absolute Gasteiger partial charge is 0.484 e. The van der Waals surface area contributed by atoms with E-state index in [0.29, 0.717) is 5.75 Å². The summed E-state index contributed by atoms with van der Waals surface area (Å²) in [7, 11) is 0. The third kappa shape index (κ3) is 5.10. The lowest BCUT2D eigenvalue weighted by atomic mass is 10.2. The molecule has 2 aromatic rings. The molecule has 0 unspecified atom stereocenters. The zero-order valence-electron chi connectivity index (χ0n) is 12.2. The molecule has 0 atom stereocenters. The molecule has 21 heavy (non-hydrogen) atoms. The van der Waals surface area contributed by atoms with Gasteiger partial charge in [0.1, 0.15) is 5.75 Å². The van der Waals surface area contributed by atoms with Crippen molar-refractivity contribution in [3.05, 3.63) is 65.2 Å². The lowest BCUT2D eigenvalue weighted by Gasteiger charge is -2.05. The highest BCUT2D eigenvalue weighted by atomic mass is 16.5. The van der Waals surface area contributed by atoms with E-state index in [-0.39, 0.29) is 12.5 Å². The summed E-state index contributed by atoms with van der Waals surface area (Å²) in [5, 5.41) is 3.89. The van der Waals surface area contributed by atoms with Gasteiger partial charge in [-0.3, -0.25) is 4.79 Å². The number of amides is 1. The molecule has 4 nitrogen and oxygen atoms in total. The van der Waals surface area contributed by atoms with E-state index in [1.807, 2.05) is 62.4 Å². The predicted molar refractivity (Wildman–Crippen MR) is 83.6 cm³/mol. The number of rotatable bonds is 5. The van der Waals surface area contributed by atoms with Crippen LogP contribution in [-0.2, 0) is 4.79 Å². The van der Waals surface area contributed by atoms with E-state index in [9.17, 15) is 4.79 Å². The molecule has 0 spiro atoms. The number of hydrogen-bond donors (Lipinski definition) is 1. The van der Waals surface area contributed by atoms with Gasteiger partial charge in [0.05, 0.1) is 6.21 Å². The lowest BCUT2D eigenvalue weighted by Crippen LogP contribution is -2.24. The van der Waals surface area contributed by atoms with Crippen molar-refractivity contribution in [2.24, 2.45) is 5.10 Å². The molecule has 0 saturated heterocycles. The Labute approximate surface area is 124 Å². The van der Waals surface area contributed by atoms with Crippen LogP contribution >= 0.6 is 0 Å². The minimum Gasteiger partial charge on any atom is -0.484 e. The number of hydrogen-bond acceptors (Lipinski definition) is 3. The maximum absolute atomic E-state index is 11.6. The number of carbonyl (C=O) groups is 1. The molecule has 0 saturated carbocycles. The first-order chi connectivity index (χ1) is 10.1. The number of nitrogens with one attached hydrogen (secondary N) is 1. The van der Waals surface area contributed by atoms with E-state index >= 15 is 0 Å². The van der Waals surface area contributed by atoms with Crippen LogP contribution in [0.1, 0.15) is 16.7 Å². The third-order valence-electron chi connectivity index (χ3n) is 2.87. The zero-order chi connectivity index (χ0) is 15.1. The predicted octanol–water partition coefficient (Wildman–Crippen LogP) is 2.83. The Morgan fingerprint density at radius 2 is 1.62 bits per heavy atom. The van der Waals surface area contributed by atoms with Gasteiger partial charge in [-0.25, -0.2) is 5.43 Å². The Kier molecular flexibility index (Phi) is 5.10. The van der Waals surface area contributed by atoms with Gasteiger partial charge in [0.25, 0.3) is 5.91 Å². The second kappa shape index (κ2) is 7.24. The molecule has 0 heterocycles. The molecule has 108 valence electrons. The molecule has 4 heteroatoms. The SMILES string of the molecule is Cc1ccc(/C=N/NC(=O)COc2ccc(C)cc2)cc1. The van der Waals surface area contributed by atoms with Crippen molar-refractivity contribution >= 4 is 12.1 Å². The Balaban J connectivity index is 1.77. The number of nitrogens with zero attached hydrogens (tertiary/aromatic N) is 1. The average Bonchev–Trinajstić information content (AvgIpc) is 2.49. The van der Waals surface area contributed by atoms with Crippen molar-refractivity contribution in [3.8, 4) is 5.75 Å². The first-order valence-corrected chi connectivity index (χ1v) is 6.71. The fourth-order valence-corrected chi connectivity index (χ4v) is 1.65. The molecule has 0 aliphatic carbocycles. The second-order valence-corrected chi connectivity index (χ2v) is 4.81. The highest BCUT2D eigenvalue weighted by molar-refractivity contribution is 5.82. The summed E-state index contributed by atoms with van der Waals surface area (Å²) in [5.74, 6) is 0.372. The van der Waals surface area contributed by atoms with Gasteiger partial charge < -0.3 is 4.74 Å². The van der Waals surface area contributed by atoms with Crippen molar-refractivity contribution in [2.45, 2.75) is 13.8 Å². The summed E-state index contributed by atoms with van der Waals surface area (Å²) in [4.78, 5) is 11.6. The third-order valence-corrected chi connectivity index (χ3v) is 2.87. The van der Waals surface area contributed by atoms with E-state index < -0.39 is 0 Å². The van der Waals surface area contributed by atoms with Crippen LogP contribution in [0.3, 0.4) is 0 Å². The first kappa shape index (κ1) is 14.8. The van der Waals surface area contributed by atoms with Crippen LogP contribution in [0.5, 0.6) is 5.75 Å². The fraction of sp³-hybridized carbons (Fsp3) is 0.176. The molecule has 2 rings (SSSR count). The van der Waals surface area contributed by atoms with Gasteiger partial charge in [-0.15, -0.1) is 0 Å². The molecular formula is C17H18N2O2. The number of benzene rings is 2. The van der Waals surface area contributed by atoms with Crippen LogP contribution in [0, 0.1) is 13.8 Å². The minimum absolute atomic E-state index is 0.0612. The van der Waals surface area contributed by atoms with Crippen molar-refractivity contribution in [2.75, 3.05) is 6.61 Å². The topological polar surface area (TPSA) is 50.7 Å². The van der Waals surface area contributed by atoms with Gasteiger partial charge in [0.2, 0.25) is 0 Å². The van der Waals surface area contributed by atoms with E-state index in [1.54, 1.807) is 6.21 Å². The fourth-order valence-electron chi connectivity index (χ4n) is 1.65. The monoisotopic (exact) mass is 282 g/mol. The van der Waals surface area contributed by atoms with Crippen molar-refractivity contribution in [1.82, 2.24) is 5.43 Å². The summed E-state index contributed by atoms with van der Waals surface area (Å²) >= 11 is 0. The minimum atomic E-state index is -0.293. The van der Waals surface area contributed by atoms with Gasteiger partial charge in [0.15, 0.2) is 6.61 Å². The van der Waals surface area contributed by atoms with Crippen LogP contribution in [0.4, 0.5) is 0 Å². The molecule has 1 N–H and O–H groups in total. The molecule has 1 amide bonds. The van der Waals surface area contributed by atoms with Crippen LogP contribution in [0.15, 0.2) is 53.6 Å². The molecule has 0 fully saturated rings. The summed E-state index contributed by atoms with van der Waals surface area (Å²) in [6, 6.07) is 15.4. The molecule has 0 aromatic heterocycles. The summed E-state index contributed by atoms with van der Waals surface area (Å²) in [5.41, 5.74) is 5.69. The van der Waals surface area contributed by atoms with Gasteiger partial charge in [-0.05, 0) is 31.5 Å². The Bertz CT molecular complexity index is 616. The van der Waals surface area contributed by atoms with Crippen LogP contribution in [0.2, 0.25) is 0 Å². The summed E-state index contributed by atoms with van der Waals surface area (Å²) in [6.07, 6.45) is 1.60. The summed E-state index contributed by atoms with van der Waals surface area (Å²) in [6.45, 7) is 3.95. The van der Waals surface area contributed by atoms with Crippen molar-refractivity contribution < 1.29 is 9.53 Å². The van der Waals surface area contributed by atoms with Crippen molar-refractivity contribution in [1.29, 1.82) is 0 Å². The van der Waals surface area contributed by atoms with E-state index in [2.05, 4.69) is 10.5 Å². The first-order valence-electron chi connectivity index (χ1n) is 6.71. The smallest absolute Gasteiger partial charge is 0.277 e. The van der Waals surface area contributed by atoms with Gasteiger partial charge >= 0.3 is 0 Å². The maximum Gasteiger partial charge on any atom is 0.277 e. The van der Waals surface area contributed by atoms with E-state index in [4.69, 9.17) is 4.74 Å². The van der Waals surface area contributed by atoms with Crippen LogP contribution < -0.4 is 10.2 Å². The van der Waals surface area contributed by atoms with Gasteiger partial charge in [-0.1, -0.05) is 47.5 Å². The Hall–Kier alpha value is -2.62. The average molecular weight is 282 g/mol. The molecular weight excluding hydrogens is 264 g/mol. The van der Waals surface area contributed by atoms with Crippen molar-refractivity contribution in [3.63, 3.8) is 0 Å². The molecule has 0 aliphatic heterocycles. The van der Waals surface area contributed by atoms with E-state index in [0.717, 1.165) is 11.1 Å². The van der Waals surface area contributed by atoms with Gasteiger partial charge in [-0.2, -0.15) is 5.10 Å². The highest BCUT2D eigenvalue weighted by Gasteiger charge is 2.00. The zero-order valence-corrected chi connectivity index (χ0v) is 12.2. The highest BCUT2D eigenvalue weighted by Crippen LogP contribution is 2.10. The second-order valence-electron chi connectivity index (χ2n) is 4.81. The Morgan fingerprint density at radius 1 is 1.05 bits per heavy atom. The number of carbonyl (C=O) groups excluding carboxylic acids is 1. The van der Waals surface area contributed by atoms with E-state index in [1.165, 1.54) is 5.56 Å². The lowest BCUT2D eigenvalue weighted by molar-refractivity contribution is -0.123. The quantitative estimate of drug-likeness (QED) is 0.677. The van der Waals surface area contributed by atoms with Crippen LogP contribution in [0.25, 0.3) is 0 Å². The standard InChI is InChI=1S/C17H18N2O2/c1-13-3-7-15(8-4-13)11-18-19-17(20)12-21-16-9-5-14(2)6-10-16/h3-11H,12H2,1-2H3,(H,19,20)/b18-11+. The molecule has 2 aromatic carbocycles. The number of hydrazone groups is 1. The molecule has 0 bridgehead atoms. The normalized spacial score (nSPS) is 10.6. The van der Waals surface area contributed by atoms with Gasteiger partial charge in [0, 0.05) is 0 Å². The number of ether oxygens (including phenoxy) is 1. The van der Waals surface area contributed by atoms with Crippen LogP contribution in [-0.4, -0.2) is 18.7 Å².